The molecule has 0 radical (unpaired) electrons. The standard InChI is InChI=1S/C19H24FN3O3S/c1-12(2)13-4-6-14(7-5-13)17(21)11-22-19(24)15-8-9-16(20)18(10-15)23-27(3,25)26/h4-10,12,17,23H,11,21H2,1-3H3,(H,22,24). The first kappa shape index (κ1) is 20.9. The molecule has 4 N–H and O–H groups in total. The van der Waals surface area contributed by atoms with Gasteiger partial charge in [0.2, 0.25) is 10.0 Å². The average molecular weight is 393 g/mol. The van der Waals surface area contributed by atoms with Crippen LogP contribution in [0.2, 0.25) is 0 Å². The molecule has 0 bridgehead atoms. The first-order valence-corrected chi connectivity index (χ1v) is 10.4. The van der Waals surface area contributed by atoms with Gasteiger partial charge in [0.05, 0.1) is 11.9 Å². The van der Waals surface area contributed by atoms with E-state index in [1.807, 2.05) is 29.0 Å². The molecule has 2 rings (SSSR count). The van der Waals surface area contributed by atoms with Gasteiger partial charge in [0, 0.05) is 18.2 Å². The smallest absolute Gasteiger partial charge is 0.251 e. The Labute approximate surface area is 159 Å². The Morgan fingerprint density at radius 1 is 1.11 bits per heavy atom. The van der Waals surface area contributed by atoms with E-state index < -0.39 is 27.8 Å². The van der Waals surface area contributed by atoms with E-state index in [2.05, 4.69) is 19.2 Å². The zero-order chi connectivity index (χ0) is 20.2. The number of hydrogen-bond acceptors (Lipinski definition) is 4. The summed E-state index contributed by atoms with van der Waals surface area (Å²) in [5.41, 5.74) is 8.06. The second-order valence-corrected chi connectivity index (χ2v) is 8.46. The lowest BCUT2D eigenvalue weighted by Gasteiger charge is -2.15. The lowest BCUT2D eigenvalue weighted by Crippen LogP contribution is -2.32. The molecule has 0 heterocycles. The van der Waals surface area contributed by atoms with Crippen molar-refractivity contribution in [3.05, 3.63) is 65.0 Å². The van der Waals surface area contributed by atoms with Crippen molar-refractivity contribution in [3.8, 4) is 0 Å². The highest BCUT2D eigenvalue weighted by molar-refractivity contribution is 7.92. The van der Waals surface area contributed by atoms with E-state index in [1.165, 1.54) is 11.6 Å². The predicted octanol–water partition coefficient (Wildman–Crippen LogP) is 2.75. The molecular weight excluding hydrogens is 369 g/mol. The summed E-state index contributed by atoms with van der Waals surface area (Å²) in [6, 6.07) is 10.9. The first-order valence-electron chi connectivity index (χ1n) is 8.48. The van der Waals surface area contributed by atoms with Gasteiger partial charge in [0.1, 0.15) is 5.82 Å². The van der Waals surface area contributed by atoms with Crippen LogP contribution in [0.15, 0.2) is 42.5 Å². The number of carbonyl (C=O) groups excluding carboxylic acids is 1. The average Bonchev–Trinajstić information content (AvgIpc) is 2.60. The van der Waals surface area contributed by atoms with Crippen LogP contribution in [0.3, 0.4) is 0 Å². The van der Waals surface area contributed by atoms with Gasteiger partial charge in [-0.25, -0.2) is 12.8 Å². The van der Waals surface area contributed by atoms with Gasteiger partial charge in [0.15, 0.2) is 0 Å². The number of amides is 1. The molecule has 0 saturated carbocycles. The van der Waals surface area contributed by atoms with Gasteiger partial charge in [-0.3, -0.25) is 9.52 Å². The van der Waals surface area contributed by atoms with Gasteiger partial charge in [-0.2, -0.15) is 0 Å². The fourth-order valence-corrected chi connectivity index (χ4v) is 3.05. The summed E-state index contributed by atoms with van der Waals surface area (Å²) >= 11 is 0. The number of rotatable bonds is 7. The van der Waals surface area contributed by atoms with Gasteiger partial charge in [0.25, 0.3) is 5.91 Å². The molecule has 6 nitrogen and oxygen atoms in total. The minimum absolute atomic E-state index is 0.130. The molecule has 0 fully saturated rings. The molecule has 0 spiro atoms. The van der Waals surface area contributed by atoms with Gasteiger partial charge in [-0.05, 0) is 35.2 Å². The SMILES string of the molecule is CC(C)c1ccc(C(N)CNC(=O)c2ccc(F)c(NS(C)(=O)=O)c2)cc1. The zero-order valence-electron chi connectivity index (χ0n) is 15.5. The first-order chi connectivity index (χ1) is 12.6. The van der Waals surface area contributed by atoms with Crippen molar-refractivity contribution in [1.82, 2.24) is 5.32 Å². The van der Waals surface area contributed by atoms with E-state index in [0.717, 1.165) is 24.0 Å². The maximum Gasteiger partial charge on any atom is 0.251 e. The number of benzene rings is 2. The van der Waals surface area contributed by atoms with E-state index in [4.69, 9.17) is 5.73 Å². The van der Waals surface area contributed by atoms with E-state index in [-0.39, 0.29) is 17.8 Å². The summed E-state index contributed by atoms with van der Waals surface area (Å²) in [5, 5.41) is 2.68. The van der Waals surface area contributed by atoms with Crippen molar-refractivity contribution in [2.24, 2.45) is 5.73 Å². The second kappa shape index (κ2) is 8.49. The third-order valence-electron chi connectivity index (χ3n) is 4.04. The van der Waals surface area contributed by atoms with Crippen LogP contribution in [-0.2, 0) is 10.0 Å². The third-order valence-corrected chi connectivity index (χ3v) is 4.63. The van der Waals surface area contributed by atoms with E-state index >= 15 is 0 Å². The summed E-state index contributed by atoms with van der Waals surface area (Å²) in [6.07, 6.45) is 0.906. The molecular formula is C19H24FN3O3S. The molecule has 0 aliphatic carbocycles. The summed E-state index contributed by atoms with van der Waals surface area (Å²) < 4.78 is 38.3. The van der Waals surface area contributed by atoms with Crippen LogP contribution in [-0.4, -0.2) is 27.1 Å². The molecule has 0 saturated heterocycles. The quantitative estimate of drug-likeness (QED) is 0.673. The molecule has 1 amide bonds. The number of nitrogens with one attached hydrogen (secondary N) is 2. The van der Waals surface area contributed by atoms with E-state index in [0.29, 0.717) is 5.92 Å². The summed E-state index contributed by atoms with van der Waals surface area (Å²) in [4.78, 5) is 12.3. The van der Waals surface area contributed by atoms with E-state index in [9.17, 15) is 17.6 Å². The molecule has 0 aliphatic heterocycles. The minimum atomic E-state index is -3.66. The Kier molecular flexibility index (Phi) is 6.56. The number of anilines is 1. The second-order valence-electron chi connectivity index (χ2n) is 6.71. The third kappa shape index (κ3) is 6.04. The van der Waals surface area contributed by atoms with Crippen molar-refractivity contribution in [3.63, 3.8) is 0 Å². The normalized spacial score (nSPS) is 12.7. The Hall–Kier alpha value is -2.45. The van der Waals surface area contributed by atoms with Crippen LogP contribution < -0.4 is 15.8 Å². The number of hydrogen-bond donors (Lipinski definition) is 3. The molecule has 8 heteroatoms. The Bertz CT molecular complexity index is 912. The highest BCUT2D eigenvalue weighted by atomic mass is 32.2. The Morgan fingerprint density at radius 3 is 2.26 bits per heavy atom. The summed E-state index contributed by atoms with van der Waals surface area (Å²) in [5.74, 6) is -0.817. The molecule has 2 aromatic rings. The van der Waals surface area contributed by atoms with Crippen molar-refractivity contribution in [2.45, 2.75) is 25.8 Å². The van der Waals surface area contributed by atoms with Gasteiger partial charge < -0.3 is 11.1 Å². The van der Waals surface area contributed by atoms with Gasteiger partial charge in [-0.15, -0.1) is 0 Å². The lowest BCUT2D eigenvalue weighted by molar-refractivity contribution is 0.0951. The molecule has 27 heavy (non-hydrogen) atoms. The molecule has 2 aromatic carbocycles. The van der Waals surface area contributed by atoms with Crippen molar-refractivity contribution >= 4 is 21.6 Å². The highest BCUT2D eigenvalue weighted by Crippen LogP contribution is 2.19. The maximum atomic E-state index is 13.7. The van der Waals surface area contributed by atoms with Crippen molar-refractivity contribution < 1.29 is 17.6 Å². The number of carbonyl (C=O) groups is 1. The van der Waals surface area contributed by atoms with Crippen LogP contribution >= 0.6 is 0 Å². The van der Waals surface area contributed by atoms with Gasteiger partial charge >= 0.3 is 0 Å². The van der Waals surface area contributed by atoms with Crippen molar-refractivity contribution in [2.75, 3.05) is 17.5 Å². The molecule has 0 aliphatic rings. The lowest BCUT2D eigenvalue weighted by atomic mass is 9.99. The van der Waals surface area contributed by atoms with Crippen LogP contribution in [0.25, 0.3) is 0 Å². The largest absolute Gasteiger partial charge is 0.350 e. The Morgan fingerprint density at radius 2 is 1.70 bits per heavy atom. The summed E-state index contributed by atoms with van der Waals surface area (Å²) in [6.45, 7) is 4.39. The monoisotopic (exact) mass is 393 g/mol. The topological polar surface area (TPSA) is 101 Å². The predicted molar refractivity (Wildman–Crippen MR) is 105 cm³/mol. The van der Waals surface area contributed by atoms with Crippen LogP contribution in [0, 0.1) is 5.82 Å². The van der Waals surface area contributed by atoms with Crippen molar-refractivity contribution in [1.29, 1.82) is 0 Å². The fraction of sp³-hybridized carbons (Fsp3) is 0.316. The highest BCUT2D eigenvalue weighted by Gasteiger charge is 2.14. The molecule has 1 unspecified atom stereocenters. The maximum absolute atomic E-state index is 13.7. The fourth-order valence-electron chi connectivity index (χ4n) is 2.50. The van der Waals surface area contributed by atoms with Crippen LogP contribution in [0.1, 0.15) is 47.3 Å². The van der Waals surface area contributed by atoms with Crippen LogP contribution in [0.4, 0.5) is 10.1 Å². The number of halogens is 1. The summed E-state index contributed by atoms with van der Waals surface area (Å²) in [7, 11) is -3.66. The number of nitrogens with two attached hydrogens (primary N) is 1. The molecule has 1 atom stereocenters. The van der Waals surface area contributed by atoms with E-state index in [1.54, 1.807) is 0 Å². The van der Waals surface area contributed by atoms with Crippen LogP contribution in [0.5, 0.6) is 0 Å². The zero-order valence-corrected chi connectivity index (χ0v) is 16.3. The minimum Gasteiger partial charge on any atom is -0.350 e. The molecule has 0 aromatic heterocycles. The number of sulfonamides is 1. The van der Waals surface area contributed by atoms with Gasteiger partial charge in [-0.1, -0.05) is 38.1 Å². The Balaban J connectivity index is 2.03. The molecule has 146 valence electrons.